The van der Waals surface area contributed by atoms with Crippen LogP contribution in [0.15, 0.2) is 53.7 Å². The average Bonchev–Trinajstić information content (AvgIpc) is 2.60. The van der Waals surface area contributed by atoms with Crippen molar-refractivity contribution in [3.8, 4) is 17.6 Å². The van der Waals surface area contributed by atoms with E-state index < -0.39 is 0 Å². The second-order valence-corrected chi connectivity index (χ2v) is 7.24. The van der Waals surface area contributed by atoms with Crippen LogP contribution in [0.1, 0.15) is 19.4 Å². The molecule has 1 heterocycles. The third-order valence-corrected chi connectivity index (χ3v) is 4.12. The van der Waals surface area contributed by atoms with Crippen LogP contribution in [0.5, 0.6) is 5.75 Å². The Kier molecular flexibility index (Phi) is 7.87. The predicted molar refractivity (Wildman–Crippen MR) is 102 cm³/mol. The molecule has 0 radical (unpaired) electrons. The summed E-state index contributed by atoms with van der Waals surface area (Å²) in [5.74, 6) is 6.38. The molecule has 0 spiro atoms. The monoisotopic (exact) mass is 354 g/mol. The third-order valence-electron chi connectivity index (χ3n) is 3.10. The standard InChI is InChI=1S/C20H22N2O2S/c1-16(2)25-19-9-7-17(8-10-19)14-20(23)22-12-3-4-13-24-18-6-5-11-21-15-18/h5-11,15-16H,12-14H2,1-2H3,(H,22,23). The molecular formula is C20H22N2O2S. The average molecular weight is 354 g/mol. The topological polar surface area (TPSA) is 51.2 Å². The van der Waals surface area contributed by atoms with Crippen LogP contribution < -0.4 is 10.1 Å². The molecule has 1 amide bonds. The summed E-state index contributed by atoms with van der Waals surface area (Å²) in [6, 6.07) is 11.7. The SMILES string of the molecule is CC(C)Sc1ccc(CC(=O)NCC#CCOc2cccnc2)cc1. The molecule has 1 aromatic carbocycles. The first-order chi connectivity index (χ1) is 12.1. The zero-order valence-electron chi connectivity index (χ0n) is 14.5. The van der Waals surface area contributed by atoms with Crippen molar-refractivity contribution in [3.05, 3.63) is 54.4 Å². The van der Waals surface area contributed by atoms with Gasteiger partial charge in [0.15, 0.2) is 0 Å². The molecular weight excluding hydrogens is 332 g/mol. The van der Waals surface area contributed by atoms with Gasteiger partial charge in [0.25, 0.3) is 0 Å². The van der Waals surface area contributed by atoms with Gasteiger partial charge in [0.2, 0.25) is 5.91 Å². The fourth-order valence-electron chi connectivity index (χ4n) is 2.01. The van der Waals surface area contributed by atoms with E-state index in [2.05, 4.69) is 48.1 Å². The molecule has 0 aliphatic heterocycles. The second kappa shape index (κ2) is 10.4. The molecule has 0 unspecified atom stereocenters. The van der Waals surface area contributed by atoms with E-state index in [9.17, 15) is 4.79 Å². The zero-order chi connectivity index (χ0) is 17.9. The summed E-state index contributed by atoms with van der Waals surface area (Å²) in [4.78, 5) is 17.1. The fraction of sp³-hybridized carbons (Fsp3) is 0.300. The number of amides is 1. The molecule has 1 N–H and O–H groups in total. The van der Waals surface area contributed by atoms with Gasteiger partial charge in [-0.25, -0.2) is 0 Å². The van der Waals surface area contributed by atoms with Gasteiger partial charge < -0.3 is 10.1 Å². The maximum absolute atomic E-state index is 11.9. The molecule has 1 aromatic heterocycles. The minimum atomic E-state index is -0.0354. The molecule has 0 aliphatic carbocycles. The Balaban J connectivity index is 1.66. The molecule has 0 atom stereocenters. The van der Waals surface area contributed by atoms with Crippen LogP contribution >= 0.6 is 11.8 Å². The van der Waals surface area contributed by atoms with Crippen LogP contribution in [-0.4, -0.2) is 29.3 Å². The van der Waals surface area contributed by atoms with Crippen molar-refractivity contribution in [2.24, 2.45) is 0 Å². The van der Waals surface area contributed by atoms with Gasteiger partial charge in [-0.1, -0.05) is 37.8 Å². The van der Waals surface area contributed by atoms with E-state index in [1.54, 1.807) is 18.5 Å². The highest BCUT2D eigenvalue weighted by Crippen LogP contribution is 2.22. The highest BCUT2D eigenvalue weighted by atomic mass is 32.2. The van der Waals surface area contributed by atoms with Crippen LogP contribution in [0.3, 0.4) is 0 Å². The Morgan fingerprint density at radius 2 is 2.04 bits per heavy atom. The molecule has 5 heteroatoms. The number of aromatic nitrogens is 1. The smallest absolute Gasteiger partial charge is 0.225 e. The van der Waals surface area contributed by atoms with Crippen molar-refractivity contribution >= 4 is 17.7 Å². The van der Waals surface area contributed by atoms with Crippen LogP contribution in [0.4, 0.5) is 0 Å². The van der Waals surface area contributed by atoms with Crippen molar-refractivity contribution < 1.29 is 9.53 Å². The summed E-state index contributed by atoms with van der Waals surface area (Å²) in [6.07, 6.45) is 3.68. The summed E-state index contributed by atoms with van der Waals surface area (Å²) in [7, 11) is 0. The van der Waals surface area contributed by atoms with Crippen LogP contribution in [0.2, 0.25) is 0 Å². The Morgan fingerprint density at radius 3 is 2.72 bits per heavy atom. The molecule has 0 bridgehead atoms. The first kappa shape index (κ1) is 18.9. The lowest BCUT2D eigenvalue weighted by atomic mass is 10.1. The fourth-order valence-corrected chi connectivity index (χ4v) is 2.85. The van der Waals surface area contributed by atoms with Gasteiger partial charge in [0.05, 0.1) is 19.2 Å². The Bertz CT molecular complexity index is 719. The lowest BCUT2D eigenvalue weighted by molar-refractivity contribution is -0.120. The van der Waals surface area contributed by atoms with E-state index >= 15 is 0 Å². The molecule has 0 saturated carbocycles. The number of hydrogen-bond acceptors (Lipinski definition) is 4. The summed E-state index contributed by atoms with van der Waals surface area (Å²) in [5, 5.41) is 3.34. The van der Waals surface area contributed by atoms with Gasteiger partial charge in [0.1, 0.15) is 12.4 Å². The number of nitrogens with one attached hydrogen (secondary N) is 1. The Morgan fingerprint density at radius 1 is 1.24 bits per heavy atom. The Hall–Kier alpha value is -2.45. The van der Waals surface area contributed by atoms with E-state index in [0.29, 0.717) is 24.0 Å². The van der Waals surface area contributed by atoms with E-state index in [-0.39, 0.29) is 12.5 Å². The lowest BCUT2D eigenvalue weighted by Gasteiger charge is -2.06. The molecule has 0 fully saturated rings. The van der Waals surface area contributed by atoms with Crippen molar-refractivity contribution in [1.82, 2.24) is 10.3 Å². The van der Waals surface area contributed by atoms with Crippen molar-refractivity contribution in [3.63, 3.8) is 0 Å². The second-order valence-electron chi connectivity index (χ2n) is 5.60. The van der Waals surface area contributed by atoms with E-state index in [1.165, 1.54) is 4.90 Å². The highest BCUT2D eigenvalue weighted by Gasteiger charge is 2.03. The Labute approximate surface area is 153 Å². The lowest BCUT2D eigenvalue weighted by Crippen LogP contribution is -2.25. The number of carbonyl (C=O) groups is 1. The minimum absolute atomic E-state index is 0.0354. The van der Waals surface area contributed by atoms with E-state index in [0.717, 1.165) is 5.56 Å². The number of carbonyl (C=O) groups excluding carboxylic acids is 1. The van der Waals surface area contributed by atoms with Gasteiger partial charge in [-0.3, -0.25) is 9.78 Å². The summed E-state index contributed by atoms with van der Waals surface area (Å²) in [6.45, 7) is 4.91. The number of ether oxygens (including phenoxy) is 1. The first-order valence-electron chi connectivity index (χ1n) is 8.14. The third kappa shape index (κ3) is 7.77. The number of thioether (sulfide) groups is 1. The highest BCUT2D eigenvalue weighted by molar-refractivity contribution is 7.99. The normalized spacial score (nSPS) is 10.0. The molecule has 2 aromatic rings. The maximum Gasteiger partial charge on any atom is 0.225 e. The molecule has 2 rings (SSSR count). The largest absolute Gasteiger partial charge is 0.479 e. The first-order valence-corrected chi connectivity index (χ1v) is 9.02. The van der Waals surface area contributed by atoms with E-state index in [4.69, 9.17) is 4.74 Å². The number of rotatable bonds is 7. The number of hydrogen-bond donors (Lipinski definition) is 1. The van der Waals surface area contributed by atoms with Crippen LogP contribution in [0, 0.1) is 11.8 Å². The zero-order valence-corrected chi connectivity index (χ0v) is 15.3. The van der Waals surface area contributed by atoms with Gasteiger partial charge in [-0.15, -0.1) is 11.8 Å². The van der Waals surface area contributed by atoms with Crippen molar-refractivity contribution in [1.29, 1.82) is 0 Å². The number of benzene rings is 1. The maximum atomic E-state index is 11.9. The summed E-state index contributed by atoms with van der Waals surface area (Å²) >= 11 is 1.81. The molecule has 130 valence electrons. The van der Waals surface area contributed by atoms with Gasteiger partial charge in [-0.2, -0.15) is 0 Å². The predicted octanol–water partition coefficient (Wildman–Crippen LogP) is 3.32. The molecule has 0 saturated heterocycles. The van der Waals surface area contributed by atoms with Crippen LogP contribution in [-0.2, 0) is 11.2 Å². The van der Waals surface area contributed by atoms with E-state index in [1.807, 2.05) is 30.0 Å². The van der Waals surface area contributed by atoms with Gasteiger partial charge >= 0.3 is 0 Å². The van der Waals surface area contributed by atoms with Crippen molar-refractivity contribution in [2.75, 3.05) is 13.2 Å². The molecule has 25 heavy (non-hydrogen) atoms. The van der Waals surface area contributed by atoms with Crippen LogP contribution in [0.25, 0.3) is 0 Å². The summed E-state index contributed by atoms with van der Waals surface area (Å²) in [5.41, 5.74) is 0.999. The molecule has 0 aliphatic rings. The number of nitrogens with zero attached hydrogens (tertiary/aromatic N) is 1. The number of pyridine rings is 1. The van der Waals surface area contributed by atoms with Crippen molar-refractivity contribution in [2.45, 2.75) is 30.4 Å². The minimum Gasteiger partial charge on any atom is -0.479 e. The summed E-state index contributed by atoms with van der Waals surface area (Å²) < 4.78 is 5.40. The van der Waals surface area contributed by atoms with Gasteiger partial charge in [0, 0.05) is 16.3 Å². The quantitative estimate of drug-likeness (QED) is 0.612. The molecule has 4 nitrogen and oxygen atoms in total. The van der Waals surface area contributed by atoms with Gasteiger partial charge in [-0.05, 0) is 29.8 Å².